The predicted octanol–water partition coefficient (Wildman–Crippen LogP) is 3.99. The van der Waals surface area contributed by atoms with Gasteiger partial charge in [-0.3, -0.25) is 4.79 Å². The van der Waals surface area contributed by atoms with Crippen LogP contribution in [0.25, 0.3) is 0 Å². The van der Waals surface area contributed by atoms with Crippen LogP contribution in [-0.2, 0) is 9.53 Å². The molecule has 0 amide bonds. The highest BCUT2D eigenvalue weighted by Crippen LogP contribution is 2.29. The Kier molecular flexibility index (Phi) is 7.23. The van der Waals surface area contributed by atoms with E-state index in [2.05, 4.69) is 53.4 Å². The number of anilines is 1. The number of carbonyl (C=O) groups is 1. The maximum absolute atomic E-state index is 12.3. The molecule has 5 heteroatoms. The van der Waals surface area contributed by atoms with Gasteiger partial charge in [0.1, 0.15) is 5.60 Å². The van der Waals surface area contributed by atoms with E-state index >= 15 is 0 Å². The summed E-state index contributed by atoms with van der Waals surface area (Å²) in [5, 5.41) is 3.78. The quantitative estimate of drug-likeness (QED) is 0.756. The van der Waals surface area contributed by atoms with Crippen molar-refractivity contribution in [2.75, 3.05) is 38.1 Å². The Morgan fingerprint density at radius 3 is 2.17 bits per heavy atom. The van der Waals surface area contributed by atoms with Crippen LogP contribution in [0.3, 0.4) is 0 Å². The second-order valence-corrected chi connectivity index (χ2v) is 9.85. The lowest BCUT2D eigenvalue weighted by Crippen LogP contribution is -2.44. The lowest BCUT2D eigenvalue weighted by atomic mass is 9.85. The van der Waals surface area contributed by atoms with E-state index in [1.807, 2.05) is 20.8 Å². The third kappa shape index (κ3) is 6.45. The molecule has 0 spiro atoms. The number of piperazine rings is 1. The third-order valence-corrected chi connectivity index (χ3v) is 6.21. The molecule has 2 fully saturated rings. The van der Waals surface area contributed by atoms with Crippen LogP contribution in [0, 0.1) is 5.92 Å². The second kappa shape index (κ2) is 9.48. The molecule has 1 aromatic carbocycles. The van der Waals surface area contributed by atoms with E-state index in [9.17, 15) is 4.79 Å². The lowest BCUT2D eigenvalue weighted by molar-refractivity contribution is -0.161. The molecule has 1 aliphatic heterocycles. The molecule has 1 atom stereocenters. The number of carbonyl (C=O) groups excluding carboxylic acids is 1. The number of ether oxygens (including phenoxy) is 1. The molecule has 1 saturated heterocycles. The van der Waals surface area contributed by atoms with Crippen LogP contribution in [-0.4, -0.2) is 55.7 Å². The number of hydrogen-bond donors (Lipinski definition) is 1. The number of benzene rings is 1. The smallest absolute Gasteiger partial charge is 0.309 e. The fourth-order valence-corrected chi connectivity index (χ4v) is 4.37. The average molecular weight is 402 g/mol. The Bertz CT molecular complexity index is 652. The van der Waals surface area contributed by atoms with Crippen LogP contribution >= 0.6 is 0 Å². The Hall–Kier alpha value is -1.59. The van der Waals surface area contributed by atoms with Gasteiger partial charge in [-0.15, -0.1) is 0 Å². The van der Waals surface area contributed by atoms with Crippen molar-refractivity contribution in [2.45, 2.75) is 71.1 Å². The standard InChI is InChI=1S/C24H39N3O2/c1-18(19-8-12-22(13-9-19)27-16-14-26(5)15-17-27)25-21-10-6-20(7-11-21)23(28)29-24(2,3)4/h8-9,12-13,18,20-21,25H,6-7,10-11,14-17H2,1-5H3. The number of nitrogens with zero attached hydrogens (tertiary/aromatic N) is 2. The van der Waals surface area contributed by atoms with E-state index in [1.54, 1.807) is 0 Å². The molecule has 2 aliphatic rings. The van der Waals surface area contributed by atoms with E-state index in [0.717, 1.165) is 51.9 Å². The molecular weight excluding hydrogens is 362 g/mol. The van der Waals surface area contributed by atoms with E-state index in [0.29, 0.717) is 12.1 Å². The van der Waals surface area contributed by atoms with Crippen molar-refractivity contribution in [3.8, 4) is 0 Å². The van der Waals surface area contributed by atoms with Crippen molar-refractivity contribution in [3.05, 3.63) is 29.8 Å². The first-order valence-electron chi connectivity index (χ1n) is 11.2. The van der Waals surface area contributed by atoms with Crippen LogP contribution in [0.15, 0.2) is 24.3 Å². The van der Waals surface area contributed by atoms with Gasteiger partial charge in [0, 0.05) is 44.0 Å². The molecule has 0 aromatic heterocycles. The van der Waals surface area contributed by atoms with Gasteiger partial charge in [-0.05, 0) is 78.1 Å². The molecule has 1 aromatic rings. The van der Waals surface area contributed by atoms with Gasteiger partial charge in [0.15, 0.2) is 0 Å². The Balaban J connectivity index is 1.46. The van der Waals surface area contributed by atoms with Crippen molar-refractivity contribution in [1.29, 1.82) is 0 Å². The largest absolute Gasteiger partial charge is 0.460 e. The molecular formula is C24H39N3O2. The minimum absolute atomic E-state index is 0.0245. The van der Waals surface area contributed by atoms with Crippen molar-refractivity contribution in [1.82, 2.24) is 10.2 Å². The molecule has 3 rings (SSSR count). The number of hydrogen-bond acceptors (Lipinski definition) is 5. The van der Waals surface area contributed by atoms with Gasteiger partial charge in [-0.2, -0.15) is 0 Å². The molecule has 0 bridgehead atoms. The first kappa shape index (κ1) is 22.1. The number of rotatable bonds is 5. The molecule has 1 heterocycles. The van der Waals surface area contributed by atoms with Crippen LogP contribution in [0.4, 0.5) is 5.69 Å². The highest BCUT2D eigenvalue weighted by atomic mass is 16.6. The van der Waals surface area contributed by atoms with E-state index in [-0.39, 0.29) is 11.9 Å². The summed E-state index contributed by atoms with van der Waals surface area (Å²) in [6.07, 6.45) is 3.91. The van der Waals surface area contributed by atoms with Gasteiger partial charge in [-0.25, -0.2) is 0 Å². The van der Waals surface area contributed by atoms with Crippen molar-refractivity contribution in [2.24, 2.45) is 5.92 Å². The number of esters is 1. The predicted molar refractivity (Wildman–Crippen MR) is 119 cm³/mol. The zero-order valence-corrected chi connectivity index (χ0v) is 18.9. The molecule has 1 aliphatic carbocycles. The van der Waals surface area contributed by atoms with Crippen molar-refractivity contribution in [3.63, 3.8) is 0 Å². The Labute approximate surface area is 176 Å². The van der Waals surface area contributed by atoms with Crippen LogP contribution in [0.2, 0.25) is 0 Å². The minimum atomic E-state index is -0.392. The molecule has 5 nitrogen and oxygen atoms in total. The maximum Gasteiger partial charge on any atom is 0.309 e. The van der Waals surface area contributed by atoms with Gasteiger partial charge < -0.3 is 19.9 Å². The average Bonchev–Trinajstić information content (AvgIpc) is 2.68. The summed E-state index contributed by atoms with van der Waals surface area (Å²) in [5.41, 5.74) is 2.26. The van der Waals surface area contributed by atoms with Gasteiger partial charge in [0.2, 0.25) is 0 Å². The highest BCUT2D eigenvalue weighted by Gasteiger charge is 2.30. The molecule has 162 valence electrons. The summed E-state index contributed by atoms with van der Waals surface area (Å²) < 4.78 is 5.56. The van der Waals surface area contributed by atoms with Crippen molar-refractivity contribution >= 4 is 11.7 Å². The zero-order valence-electron chi connectivity index (χ0n) is 18.9. The van der Waals surface area contributed by atoms with Crippen LogP contribution in [0.1, 0.15) is 65.0 Å². The monoisotopic (exact) mass is 401 g/mol. The first-order chi connectivity index (χ1) is 13.7. The summed E-state index contributed by atoms with van der Waals surface area (Å²) in [4.78, 5) is 17.2. The zero-order chi connectivity index (χ0) is 21.0. The molecule has 0 radical (unpaired) electrons. The number of likely N-dealkylation sites (N-methyl/N-ethyl adjacent to an activating group) is 1. The second-order valence-electron chi connectivity index (χ2n) is 9.85. The topological polar surface area (TPSA) is 44.8 Å². The Morgan fingerprint density at radius 1 is 1.03 bits per heavy atom. The third-order valence-electron chi connectivity index (χ3n) is 6.21. The molecule has 1 unspecified atom stereocenters. The van der Waals surface area contributed by atoms with Gasteiger partial charge >= 0.3 is 5.97 Å². The van der Waals surface area contributed by atoms with Gasteiger partial charge in [-0.1, -0.05) is 12.1 Å². The van der Waals surface area contributed by atoms with Gasteiger partial charge in [0.25, 0.3) is 0 Å². The fraction of sp³-hybridized carbons (Fsp3) is 0.708. The summed E-state index contributed by atoms with van der Waals surface area (Å²) in [7, 11) is 2.19. The Morgan fingerprint density at radius 2 is 1.62 bits per heavy atom. The fourth-order valence-electron chi connectivity index (χ4n) is 4.37. The SMILES string of the molecule is CC(NC1CCC(C(=O)OC(C)(C)C)CC1)c1ccc(N2CCN(C)CC2)cc1. The molecule has 1 saturated carbocycles. The van der Waals surface area contributed by atoms with E-state index in [1.165, 1.54) is 11.3 Å². The lowest BCUT2D eigenvalue weighted by Gasteiger charge is -2.34. The normalized spacial score (nSPS) is 24.9. The van der Waals surface area contributed by atoms with Crippen LogP contribution < -0.4 is 10.2 Å². The highest BCUT2D eigenvalue weighted by molar-refractivity contribution is 5.73. The van der Waals surface area contributed by atoms with Crippen LogP contribution in [0.5, 0.6) is 0 Å². The maximum atomic E-state index is 12.3. The minimum Gasteiger partial charge on any atom is -0.460 e. The van der Waals surface area contributed by atoms with E-state index in [4.69, 9.17) is 4.74 Å². The first-order valence-corrected chi connectivity index (χ1v) is 11.2. The molecule has 1 N–H and O–H groups in total. The molecule has 29 heavy (non-hydrogen) atoms. The summed E-state index contributed by atoms with van der Waals surface area (Å²) in [5.74, 6) is 0.0361. The summed E-state index contributed by atoms with van der Waals surface area (Å²) in [6.45, 7) is 12.5. The van der Waals surface area contributed by atoms with Gasteiger partial charge in [0.05, 0.1) is 5.92 Å². The number of nitrogens with one attached hydrogen (secondary N) is 1. The van der Waals surface area contributed by atoms with Crippen molar-refractivity contribution < 1.29 is 9.53 Å². The van der Waals surface area contributed by atoms with E-state index < -0.39 is 5.60 Å². The summed E-state index contributed by atoms with van der Waals surface area (Å²) in [6, 6.07) is 9.84. The summed E-state index contributed by atoms with van der Waals surface area (Å²) >= 11 is 0.